The summed E-state index contributed by atoms with van der Waals surface area (Å²) in [5, 5.41) is 1.76. The second-order valence-electron chi connectivity index (χ2n) is 3.61. The lowest BCUT2D eigenvalue weighted by Gasteiger charge is -2.17. The number of alkyl halides is 4. The Morgan fingerprint density at radius 3 is 2.20 bits per heavy atom. The monoisotopic (exact) mass is 348 g/mol. The summed E-state index contributed by atoms with van der Waals surface area (Å²) in [5.41, 5.74) is -0.914. The largest absolute Gasteiger partial charge is 0.479 e. The van der Waals surface area contributed by atoms with E-state index in [9.17, 15) is 13.2 Å². The fraction of sp³-hybridized carbons (Fsp3) is 0.364. The van der Waals surface area contributed by atoms with Gasteiger partial charge in [0.15, 0.2) is 0 Å². The van der Waals surface area contributed by atoms with Gasteiger partial charge in [-0.2, -0.15) is 13.2 Å². The minimum atomic E-state index is -4.56. The van der Waals surface area contributed by atoms with E-state index in [1.807, 2.05) is 0 Å². The number of ether oxygens (including phenoxy) is 1. The Kier molecular flexibility index (Phi) is 5.79. The fourth-order valence-electron chi connectivity index (χ4n) is 1.44. The van der Waals surface area contributed by atoms with Gasteiger partial charge in [0.05, 0.1) is 12.2 Å². The number of benzene rings is 1. The fourth-order valence-corrected chi connectivity index (χ4v) is 2.61. The molecule has 0 aliphatic carbocycles. The lowest BCUT2D eigenvalue weighted by molar-refractivity contribution is -0.137. The Bertz CT molecular complexity index is 497. The summed E-state index contributed by atoms with van der Waals surface area (Å²) in [5.74, 6) is 5.02. The zero-order valence-electron chi connectivity index (χ0n) is 10.1. The molecule has 1 aromatic carbocycles. The molecular weight excluding hydrogens is 339 g/mol. The van der Waals surface area contributed by atoms with Crippen molar-refractivity contribution < 1.29 is 17.9 Å². The zero-order chi connectivity index (χ0) is 15.5. The van der Waals surface area contributed by atoms with Gasteiger partial charge in [-0.25, -0.2) is 0 Å². The highest BCUT2D eigenvalue weighted by Crippen LogP contribution is 2.40. The zero-order valence-corrected chi connectivity index (χ0v) is 12.4. The number of hydrogen-bond donors (Lipinski definition) is 1. The van der Waals surface area contributed by atoms with E-state index in [0.717, 1.165) is 12.1 Å². The van der Waals surface area contributed by atoms with Gasteiger partial charge in [-0.15, -0.1) is 16.7 Å². The third-order valence-electron chi connectivity index (χ3n) is 2.30. The lowest BCUT2D eigenvalue weighted by atomic mass is 10.1. The third kappa shape index (κ3) is 3.84. The van der Waals surface area contributed by atoms with Gasteiger partial charge in [-0.1, -0.05) is 23.2 Å². The Labute approximate surface area is 128 Å². The maximum atomic E-state index is 12.6. The van der Waals surface area contributed by atoms with E-state index < -0.39 is 17.1 Å². The lowest BCUT2D eigenvalue weighted by Crippen LogP contribution is -2.15. The molecule has 1 unspecified atom stereocenters. The van der Waals surface area contributed by atoms with Crippen molar-refractivity contribution in [3.8, 4) is 0 Å². The molecule has 0 heterocycles. The van der Waals surface area contributed by atoms with Crippen LogP contribution in [0.25, 0.3) is 0 Å². The molecule has 0 amide bonds. The van der Waals surface area contributed by atoms with Gasteiger partial charge in [-0.3, -0.25) is 0 Å². The Morgan fingerprint density at radius 1 is 1.35 bits per heavy atom. The van der Waals surface area contributed by atoms with E-state index in [2.05, 4.69) is 5.10 Å². The molecule has 1 atom stereocenters. The van der Waals surface area contributed by atoms with Crippen molar-refractivity contribution in [3.63, 3.8) is 0 Å². The topological polar surface area (TPSA) is 47.6 Å². The van der Waals surface area contributed by atoms with E-state index in [1.54, 1.807) is 6.92 Å². The van der Waals surface area contributed by atoms with Crippen molar-refractivity contribution in [1.29, 1.82) is 0 Å². The molecule has 1 aromatic rings. The molecule has 20 heavy (non-hydrogen) atoms. The summed E-state index contributed by atoms with van der Waals surface area (Å²) in [6.07, 6.45) is -4.56. The maximum Gasteiger partial charge on any atom is 0.416 e. The standard InChI is InChI=1S/C11H10Cl3F3N2O/c1-2-20-10(19-18)9(14)8-6(12)3-5(4-7(8)13)11(15,16)17/h3-4,9H,2,18H2,1H3. The molecule has 0 radical (unpaired) electrons. The van der Waals surface area contributed by atoms with Gasteiger partial charge >= 0.3 is 6.18 Å². The molecule has 0 aromatic heterocycles. The number of hydrogen-bond acceptors (Lipinski definition) is 3. The van der Waals surface area contributed by atoms with E-state index >= 15 is 0 Å². The Balaban J connectivity index is 3.27. The highest BCUT2D eigenvalue weighted by molar-refractivity contribution is 6.40. The van der Waals surface area contributed by atoms with Gasteiger partial charge in [0, 0.05) is 15.6 Å². The van der Waals surface area contributed by atoms with Crippen molar-refractivity contribution in [1.82, 2.24) is 0 Å². The van der Waals surface area contributed by atoms with Gasteiger partial charge < -0.3 is 10.6 Å². The van der Waals surface area contributed by atoms with Crippen molar-refractivity contribution >= 4 is 40.7 Å². The van der Waals surface area contributed by atoms with Crippen LogP contribution in [0.5, 0.6) is 0 Å². The summed E-state index contributed by atoms with van der Waals surface area (Å²) in [4.78, 5) is 0. The third-order valence-corrected chi connectivity index (χ3v) is 3.33. The number of hydrazone groups is 1. The van der Waals surface area contributed by atoms with Crippen LogP contribution in [-0.4, -0.2) is 12.5 Å². The Hall–Kier alpha value is -0.850. The minimum absolute atomic E-state index is 0.0562. The summed E-state index contributed by atoms with van der Waals surface area (Å²) < 4.78 is 42.9. The summed E-state index contributed by atoms with van der Waals surface area (Å²) in [6.45, 7) is 1.90. The number of rotatable bonds is 3. The molecule has 1 rings (SSSR count). The van der Waals surface area contributed by atoms with Crippen LogP contribution in [0.3, 0.4) is 0 Å². The molecule has 0 bridgehead atoms. The van der Waals surface area contributed by atoms with E-state index in [4.69, 9.17) is 45.4 Å². The van der Waals surface area contributed by atoms with Crippen LogP contribution in [0.2, 0.25) is 10.0 Å². The van der Waals surface area contributed by atoms with Gasteiger partial charge in [0.2, 0.25) is 5.90 Å². The van der Waals surface area contributed by atoms with Gasteiger partial charge in [-0.05, 0) is 19.1 Å². The molecule has 3 nitrogen and oxygen atoms in total. The van der Waals surface area contributed by atoms with Crippen molar-refractivity contribution in [2.45, 2.75) is 18.5 Å². The molecule has 0 saturated heterocycles. The molecular formula is C11H10Cl3F3N2O. The first-order chi connectivity index (χ1) is 9.22. The quantitative estimate of drug-likeness (QED) is 0.285. The van der Waals surface area contributed by atoms with Crippen molar-refractivity contribution in [2.24, 2.45) is 10.9 Å². The van der Waals surface area contributed by atoms with Crippen LogP contribution >= 0.6 is 34.8 Å². The molecule has 0 fully saturated rings. The molecule has 9 heteroatoms. The molecule has 0 saturated carbocycles. The second-order valence-corrected chi connectivity index (χ2v) is 4.87. The average molecular weight is 350 g/mol. The predicted octanol–water partition coefficient (Wildman–Crippen LogP) is 4.60. The van der Waals surface area contributed by atoms with Crippen LogP contribution in [0.15, 0.2) is 17.2 Å². The van der Waals surface area contributed by atoms with E-state index in [-0.39, 0.29) is 28.1 Å². The molecule has 0 aliphatic heterocycles. The smallest absolute Gasteiger partial charge is 0.416 e. The van der Waals surface area contributed by atoms with Gasteiger partial charge in [0.25, 0.3) is 0 Å². The summed E-state index contributed by atoms with van der Waals surface area (Å²) in [7, 11) is 0. The van der Waals surface area contributed by atoms with Crippen LogP contribution < -0.4 is 5.84 Å². The molecule has 0 spiro atoms. The van der Waals surface area contributed by atoms with Crippen LogP contribution in [0.1, 0.15) is 23.4 Å². The van der Waals surface area contributed by atoms with Crippen LogP contribution in [0.4, 0.5) is 13.2 Å². The minimum Gasteiger partial charge on any atom is -0.479 e. The second kappa shape index (κ2) is 6.74. The highest BCUT2D eigenvalue weighted by Gasteiger charge is 2.33. The average Bonchev–Trinajstić information content (AvgIpc) is 2.33. The number of nitrogens with two attached hydrogens (primary N) is 1. The molecule has 2 N–H and O–H groups in total. The van der Waals surface area contributed by atoms with E-state index in [0.29, 0.717) is 0 Å². The Morgan fingerprint density at radius 2 is 1.85 bits per heavy atom. The number of halogens is 6. The SMILES string of the molecule is CCOC(=NN)C(Cl)c1c(Cl)cc(C(F)(F)F)cc1Cl. The molecule has 0 aliphatic rings. The first-order valence-corrected chi connectivity index (χ1v) is 6.52. The normalized spacial score (nSPS) is 14.2. The highest BCUT2D eigenvalue weighted by atomic mass is 35.5. The summed E-state index contributed by atoms with van der Waals surface area (Å²) in [6, 6.07) is 1.47. The molecule has 112 valence electrons. The predicted molar refractivity (Wildman–Crippen MR) is 73.3 cm³/mol. The van der Waals surface area contributed by atoms with Crippen molar-refractivity contribution in [3.05, 3.63) is 33.3 Å². The number of nitrogens with zero attached hydrogens (tertiary/aromatic N) is 1. The summed E-state index contributed by atoms with van der Waals surface area (Å²) >= 11 is 17.7. The van der Waals surface area contributed by atoms with Crippen molar-refractivity contribution in [2.75, 3.05) is 6.61 Å². The van der Waals surface area contributed by atoms with Crippen LogP contribution in [0, 0.1) is 0 Å². The van der Waals surface area contributed by atoms with Crippen LogP contribution in [-0.2, 0) is 10.9 Å². The maximum absolute atomic E-state index is 12.6. The first-order valence-electron chi connectivity index (χ1n) is 5.33. The first kappa shape index (κ1) is 17.2. The van der Waals surface area contributed by atoms with E-state index in [1.165, 1.54) is 0 Å². The van der Waals surface area contributed by atoms with Gasteiger partial charge in [0.1, 0.15) is 5.38 Å².